The summed E-state index contributed by atoms with van der Waals surface area (Å²) in [5.74, 6) is 0.0172. The normalized spacial score (nSPS) is 11.4. The van der Waals surface area contributed by atoms with Crippen molar-refractivity contribution in [3.8, 4) is 0 Å². The van der Waals surface area contributed by atoms with E-state index in [1.165, 1.54) is 0 Å². The van der Waals surface area contributed by atoms with E-state index in [1.807, 2.05) is 0 Å². The second-order valence-corrected chi connectivity index (χ2v) is 3.93. The Balaban J connectivity index is 3.53. The molecule has 84 valence electrons. The Morgan fingerprint density at radius 1 is 1.43 bits per heavy atom. The molecule has 0 rings (SSSR count). The van der Waals surface area contributed by atoms with Gasteiger partial charge in [-0.3, -0.25) is 4.79 Å². The summed E-state index contributed by atoms with van der Waals surface area (Å²) in [5, 5.41) is 5.94. The molecule has 0 atom stereocenters. The van der Waals surface area contributed by atoms with E-state index in [2.05, 4.69) is 31.4 Å². The van der Waals surface area contributed by atoms with Crippen LogP contribution in [0.25, 0.3) is 0 Å². The van der Waals surface area contributed by atoms with Gasteiger partial charge in [0.2, 0.25) is 5.91 Å². The molecule has 0 radical (unpaired) electrons. The third kappa shape index (κ3) is 6.86. The number of carbonyl (C=O) groups is 1. The van der Waals surface area contributed by atoms with Crippen molar-refractivity contribution in [3.63, 3.8) is 0 Å². The second kappa shape index (κ2) is 6.79. The molecular formula is C10H22N2O2. The molecule has 0 saturated carbocycles. The fraction of sp³-hybridized carbons (Fsp3) is 0.900. The second-order valence-electron chi connectivity index (χ2n) is 3.93. The van der Waals surface area contributed by atoms with E-state index in [4.69, 9.17) is 4.74 Å². The summed E-state index contributed by atoms with van der Waals surface area (Å²) in [6.45, 7) is 7.75. The van der Waals surface area contributed by atoms with Gasteiger partial charge in [0.15, 0.2) is 0 Å². The van der Waals surface area contributed by atoms with Crippen LogP contribution in [0.2, 0.25) is 0 Å². The number of hydrogen-bond donors (Lipinski definition) is 2. The maximum atomic E-state index is 11.3. The topological polar surface area (TPSA) is 50.4 Å². The van der Waals surface area contributed by atoms with Gasteiger partial charge in [0.25, 0.3) is 0 Å². The first-order chi connectivity index (χ1) is 6.52. The lowest BCUT2D eigenvalue weighted by Crippen LogP contribution is -2.45. The van der Waals surface area contributed by atoms with Crippen molar-refractivity contribution in [2.24, 2.45) is 0 Å². The van der Waals surface area contributed by atoms with Crippen LogP contribution in [0.15, 0.2) is 0 Å². The van der Waals surface area contributed by atoms with E-state index >= 15 is 0 Å². The highest BCUT2D eigenvalue weighted by atomic mass is 16.5. The number of ether oxygens (including phenoxy) is 1. The highest BCUT2D eigenvalue weighted by Gasteiger charge is 2.14. The van der Waals surface area contributed by atoms with Gasteiger partial charge < -0.3 is 15.4 Å². The molecule has 0 aliphatic rings. The molecule has 0 aliphatic carbocycles. The predicted molar refractivity (Wildman–Crippen MR) is 57.3 cm³/mol. The molecule has 4 heteroatoms. The first-order valence-electron chi connectivity index (χ1n) is 5.02. The van der Waals surface area contributed by atoms with Gasteiger partial charge in [-0.1, -0.05) is 6.92 Å². The monoisotopic (exact) mass is 202 g/mol. The van der Waals surface area contributed by atoms with E-state index in [9.17, 15) is 4.79 Å². The van der Waals surface area contributed by atoms with Gasteiger partial charge >= 0.3 is 0 Å². The predicted octanol–water partition coefficient (Wildman–Crippen LogP) is 0.527. The van der Waals surface area contributed by atoms with Crippen molar-refractivity contribution in [1.29, 1.82) is 0 Å². The fourth-order valence-corrected chi connectivity index (χ4v) is 0.800. The number of nitrogens with one attached hydrogen (secondary N) is 2. The van der Waals surface area contributed by atoms with Crippen LogP contribution in [0, 0.1) is 0 Å². The molecule has 1 amide bonds. The van der Waals surface area contributed by atoms with Gasteiger partial charge in [-0.05, 0) is 20.3 Å². The van der Waals surface area contributed by atoms with Crippen LogP contribution in [-0.4, -0.2) is 38.3 Å². The first-order valence-corrected chi connectivity index (χ1v) is 5.02. The molecule has 0 bridgehead atoms. The number of carbonyl (C=O) groups excluding carboxylic acids is 1. The van der Waals surface area contributed by atoms with Gasteiger partial charge in [-0.2, -0.15) is 0 Å². The maximum Gasteiger partial charge on any atom is 0.234 e. The summed E-state index contributed by atoms with van der Waals surface area (Å²) in [5.41, 5.74) is 0.0264. The zero-order valence-corrected chi connectivity index (χ0v) is 9.64. The quantitative estimate of drug-likeness (QED) is 0.592. The summed E-state index contributed by atoms with van der Waals surface area (Å²) in [6, 6.07) is 0. The van der Waals surface area contributed by atoms with E-state index in [-0.39, 0.29) is 11.4 Å². The molecule has 0 aromatic carbocycles. The van der Waals surface area contributed by atoms with Crippen LogP contribution in [0.4, 0.5) is 0 Å². The van der Waals surface area contributed by atoms with Crippen LogP contribution < -0.4 is 10.6 Å². The Morgan fingerprint density at radius 3 is 2.57 bits per heavy atom. The lowest BCUT2D eigenvalue weighted by molar-refractivity contribution is -0.120. The molecule has 14 heavy (non-hydrogen) atoms. The highest BCUT2D eigenvalue weighted by molar-refractivity contribution is 5.78. The molecule has 4 nitrogen and oxygen atoms in total. The van der Waals surface area contributed by atoms with Gasteiger partial charge in [-0.25, -0.2) is 0 Å². The molecular weight excluding hydrogens is 180 g/mol. The SMILES string of the molecule is CCC(C)(C)NCC(=O)NCCOC. The molecule has 0 saturated heterocycles. The molecule has 0 heterocycles. The van der Waals surface area contributed by atoms with Gasteiger partial charge in [-0.15, -0.1) is 0 Å². The summed E-state index contributed by atoms with van der Waals surface area (Å²) in [7, 11) is 1.62. The van der Waals surface area contributed by atoms with E-state index in [0.717, 1.165) is 6.42 Å². The Labute approximate surface area is 86.4 Å². The number of hydrogen-bond acceptors (Lipinski definition) is 3. The molecule has 0 spiro atoms. The Bertz CT molecular complexity index is 170. The average Bonchev–Trinajstić information content (AvgIpc) is 2.16. The summed E-state index contributed by atoms with van der Waals surface area (Å²) in [6.07, 6.45) is 0.998. The highest BCUT2D eigenvalue weighted by Crippen LogP contribution is 2.05. The molecule has 0 aromatic rings. The summed E-state index contributed by atoms with van der Waals surface area (Å²) < 4.78 is 4.82. The van der Waals surface area contributed by atoms with Crippen molar-refractivity contribution >= 4 is 5.91 Å². The smallest absolute Gasteiger partial charge is 0.234 e. The number of methoxy groups -OCH3 is 1. The molecule has 0 aliphatic heterocycles. The lowest BCUT2D eigenvalue weighted by Gasteiger charge is -2.24. The Kier molecular flexibility index (Phi) is 6.49. The van der Waals surface area contributed by atoms with E-state index in [0.29, 0.717) is 19.7 Å². The summed E-state index contributed by atoms with van der Waals surface area (Å²) in [4.78, 5) is 11.3. The molecule has 0 fully saturated rings. The van der Waals surface area contributed by atoms with Crippen molar-refractivity contribution in [2.75, 3.05) is 26.8 Å². The van der Waals surface area contributed by atoms with Crippen LogP contribution in [-0.2, 0) is 9.53 Å². The van der Waals surface area contributed by atoms with Gasteiger partial charge in [0.05, 0.1) is 13.2 Å². The Morgan fingerprint density at radius 2 is 2.07 bits per heavy atom. The van der Waals surface area contributed by atoms with Crippen LogP contribution >= 0.6 is 0 Å². The van der Waals surface area contributed by atoms with E-state index in [1.54, 1.807) is 7.11 Å². The van der Waals surface area contributed by atoms with Crippen molar-refractivity contribution < 1.29 is 9.53 Å². The van der Waals surface area contributed by atoms with Crippen molar-refractivity contribution in [2.45, 2.75) is 32.7 Å². The molecule has 2 N–H and O–H groups in total. The fourth-order valence-electron chi connectivity index (χ4n) is 0.800. The zero-order valence-electron chi connectivity index (χ0n) is 9.64. The molecule has 0 aromatic heterocycles. The lowest BCUT2D eigenvalue weighted by atomic mass is 10.0. The Hall–Kier alpha value is -0.610. The first kappa shape index (κ1) is 13.4. The minimum absolute atomic E-state index is 0.0172. The number of rotatable bonds is 7. The maximum absolute atomic E-state index is 11.3. The van der Waals surface area contributed by atoms with Crippen molar-refractivity contribution in [1.82, 2.24) is 10.6 Å². The van der Waals surface area contributed by atoms with Crippen LogP contribution in [0.1, 0.15) is 27.2 Å². The zero-order chi connectivity index (χ0) is 11.0. The van der Waals surface area contributed by atoms with Crippen LogP contribution in [0.3, 0.4) is 0 Å². The van der Waals surface area contributed by atoms with Crippen molar-refractivity contribution in [3.05, 3.63) is 0 Å². The third-order valence-corrected chi connectivity index (χ3v) is 2.24. The molecule has 0 unspecified atom stereocenters. The third-order valence-electron chi connectivity index (χ3n) is 2.24. The minimum atomic E-state index is 0.0172. The van der Waals surface area contributed by atoms with Crippen LogP contribution in [0.5, 0.6) is 0 Å². The van der Waals surface area contributed by atoms with Gasteiger partial charge in [0.1, 0.15) is 0 Å². The number of amides is 1. The standard InChI is InChI=1S/C10H22N2O2/c1-5-10(2,3)12-8-9(13)11-6-7-14-4/h12H,5-8H2,1-4H3,(H,11,13). The average molecular weight is 202 g/mol. The minimum Gasteiger partial charge on any atom is -0.383 e. The van der Waals surface area contributed by atoms with Gasteiger partial charge in [0, 0.05) is 19.2 Å². The van der Waals surface area contributed by atoms with E-state index < -0.39 is 0 Å². The summed E-state index contributed by atoms with van der Waals surface area (Å²) >= 11 is 0. The largest absolute Gasteiger partial charge is 0.383 e.